The molecule has 0 bridgehead atoms. The second kappa shape index (κ2) is 6.92. The molecule has 1 saturated heterocycles. The average Bonchev–Trinajstić information content (AvgIpc) is 2.18. The molecule has 1 aliphatic heterocycles. The van der Waals surface area contributed by atoms with Crippen molar-refractivity contribution >= 4 is 53.8 Å². The number of hydrogen-bond acceptors (Lipinski definition) is 5. The van der Waals surface area contributed by atoms with Crippen LogP contribution in [-0.2, 0) is 20.6 Å². The maximum absolute atomic E-state index is 6.53. The minimum Gasteiger partial charge on any atom is -0.466 e. The van der Waals surface area contributed by atoms with Gasteiger partial charge in [-0.05, 0) is 64.5 Å². The van der Waals surface area contributed by atoms with E-state index in [-0.39, 0.29) is 0 Å². The van der Waals surface area contributed by atoms with Crippen molar-refractivity contribution in [2.24, 2.45) is 0 Å². The summed E-state index contributed by atoms with van der Waals surface area (Å²) < 4.78 is 31.4. The van der Waals surface area contributed by atoms with Gasteiger partial charge in [-0.1, -0.05) is 0 Å². The van der Waals surface area contributed by atoms with Gasteiger partial charge in [-0.2, -0.15) is 0 Å². The molecule has 0 saturated carbocycles. The molecular weight excluding hydrogens is 369 g/mol. The fourth-order valence-electron chi connectivity index (χ4n) is 2.99. The third kappa shape index (κ3) is 7.03. The molecule has 1 aliphatic rings. The smallest absolute Gasteiger partial charge is 0.317 e. The molecule has 0 N–H and O–H groups in total. The Bertz CT molecular complexity index is 342. The van der Waals surface area contributed by atoms with Crippen LogP contribution >= 0.6 is 0 Å². The highest BCUT2D eigenvalue weighted by Crippen LogP contribution is 2.33. The zero-order valence-electron chi connectivity index (χ0n) is 15.0. The molecule has 1 heterocycles. The molecule has 21 heavy (non-hydrogen) atoms. The first-order valence-corrected chi connectivity index (χ1v) is 21.8. The van der Waals surface area contributed by atoms with Crippen LogP contribution < -0.4 is 0 Å². The molecule has 0 aliphatic carbocycles. The second-order valence-electron chi connectivity index (χ2n) is 7.33. The standard InChI is InChI=1S/C10H32O5Si6/c1-17(11-16)9-10-21(8)14-19(4,5)12-18(2,3)13-20(6,7)15-21/h17H,9-10H2,1-8,16H3. The Labute approximate surface area is 138 Å². The Hall–Kier alpha value is 1.10. The van der Waals surface area contributed by atoms with Gasteiger partial charge in [0, 0.05) is 0 Å². The van der Waals surface area contributed by atoms with Gasteiger partial charge in [0.25, 0.3) is 0 Å². The molecule has 0 radical (unpaired) electrons. The Morgan fingerprint density at radius 2 is 1.19 bits per heavy atom. The summed E-state index contributed by atoms with van der Waals surface area (Å²) in [4.78, 5) is 0. The minimum absolute atomic E-state index is 0.833. The molecule has 1 fully saturated rings. The van der Waals surface area contributed by atoms with Gasteiger partial charge < -0.3 is 20.6 Å². The van der Waals surface area contributed by atoms with E-state index >= 15 is 0 Å². The van der Waals surface area contributed by atoms with E-state index in [0.29, 0.717) is 0 Å². The molecule has 0 amide bonds. The molecule has 0 aromatic rings. The molecule has 1 unspecified atom stereocenters. The van der Waals surface area contributed by atoms with Crippen LogP contribution in [0.5, 0.6) is 0 Å². The van der Waals surface area contributed by atoms with Crippen molar-refractivity contribution in [3.63, 3.8) is 0 Å². The van der Waals surface area contributed by atoms with Crippen molar-refractivity contribution in [2.45, 2.75) is 64.5 Å². The van der Waals surface area contributed by atoms with E-state index in [1.54, 1.807) is 0 Å². The van der Waals surface area contributed by atoms with Crippen LogP contribution in [0.4, 0.5) is 0 Å². The van der Waals surface area contributed by atoms with Crippen LogP contribution in [-0.4, -0.2) is 53.8 Å². The topological polar surface area (TPSA) is 46.2 Å². The second-order valence-corrected chi connectivity index (χ2v) is 25.8. The largest absolute Gasteiger partial charge is 0.466 e. The fourth-order valence-corrected chi connectivity index (χ4v) is 28.4. The summed E-state index contributed by atoms with van der Waals surface area (Å²) in [5.41, 5.74) is 0. The predicted octanol–water partition coefficient (Wildman–Crippen LogP) is 1.89. The van der Waals surface area contributed by atoms with E-state index in [2.05, 4.69) is 52.4 Å². The quantitative estimate of drug-likeness (QED) is 0.674. The maximum atomic E-state index is 6.53. The molecule has 1 atom stereocenters. The lowest BCUT2D eigenvalue weighted by atomic mass is 10.9. The molecule has 0 spiro atoms. The van der Waals surface area contributed by atoms with Crippen LogP contribution in [0.25, 0.3) is 0 Å². The van der Waals surface area contributed by atoms with Gasteiger partial charge in [-0.15, -0.1) is 0 Å². The number of rotatable bonds is 4. The Balaban J connectivity index is 2.93. The summed E-state index contributed by atoms with van der Waals surface area (Å²) in [5.74, 6) is 0. The molecule has 5 nitrogen and oxygen atoms in total. The van der Waals surface area contributed by atoms with E-state index < -0.39 is 43.3 Å². The van der Waals surface area contributed by atoms with Crippen LogP contribution in [0, 0.1) is 0 Å². The average molecular weight is 401 g/mol. The summed E-state index contributed by atoms with van der Waals surface area (Å²) in [6, 6.07) is 2.10. The van der Waals surface area contributed by atoms with Crippen molar-refractivity contribution in [2.75, 3.05) is 0 Å². The van der Waals surface area contributed by atoms with Crippen molar-refractivity contribution in [3.8, 4) is 0 Å². The lowest BCUT2D eigenvalue weighted by molar-refractivity contribution is 0.235. The summed E-state index contributed by atoms with van der Waals surface area (Å²) in [6.07, 6.45) is 0. The van der Waals surface area contributed by atoms with Gasteiger partial charge in [0.15, 0.2) is 9.04 Å². The van der Waals surface area contributed by atoms with Crippen molar-refractivity contribution in [3.05, 3.63) is 0 Å². The molecule has 126 valence electrons. The van der Waals surface area contributed by atoms with Crippen molar-refractivity contribution in [1.82, 2.24) is 0 Å². The molecule has 11 heteroatoms. The summed E-state index contributed by atoms with van der Waals surface area (Å²) in [7, 11) is -9.06. The maximum Gasteiger partial charge on any atom is 0.317 e. The molecule has 0 aromatic heterocycles. The summed E-state index contributed by atoms with van der Waals surface area (Å²) in [6.45, 7) is 17.1. The first kappa shape index (κ1) is 20.1. The van der Waals surface area contributed by atoms with E-state index in [0.717, 1.165) is 22.6 Å². The normalized spacial score (nSPS) is 28.6. The first-order chi connectivity index (χ1) is 9.28. The summed E-state index contributed by atoms with van der Waals surface area (Å²) in [5, 5.41) is 0. The highest BCUT2D eigenvalue weighted by Gasteiger charge is 2.52. The summed E-state index contributed by atoms with van der Waals surface area (Å²) >= 11 is 0. The van der Waals surface area contributed by atoms with E-state index in [1.165, 1.54) is 0 Å². The van der Waals surface area contributed by atoms with Crippen LogP contribution in [0.2, 0.25) is 64.5 Å². The van der Waals surface area contributed by atoms with Crippen molar-refractivity contribution < 1.29 is 20.6 Å². The van der Waals surface area contributed by atoms with Crippen LogP contribution in [0.1, 0.15) is 0 Å². The van der Waals surface area contributed by atoms with Gasteiger partial charge in [0.2, 0.25) is 0 Å². The number of hydrogen-bond donors (Lipinski definition) is 0. The van der Waals surface area contributed by atoms with Gasteiger partial charge in [-0.25, -0.2) is 0 Å². The fraction of sp³-hybridized carbons (Fsp3) is 1.00. The van der Waals surface area contributed by atoms with Crippen LogP contribution in [0.3, 0.4) is 0 Å². The highest BCUT2D eigenvalue weighted by molar-refractivity contribution is 6.93. The lowest BCUT2D eigenvalue weighted by Gasteiger charge is -2.47. The van der Waals surface area contributed by atoms with Crippen molar-refractivity contribution in [1.29, 1.82) is 0 Å². The Morgan fingerprint density at radius 1 is 0.810 bits per heavy atom. The Kier molecular flexibility index (Phi) is 6.64. The van der Waals surface area contributed by atoms with E-state index in [9.17, 15) is 0 Å². The van der Waals surface area contributed by atoms with Gasteiger partial charge in [0.05, 0.1) is 0 Å². The third-order valence-corrected chi connectivity index (χ3v) is 24.7. The first-order valence-electron chi connectivity index (χ1n) is 7.62. The lowest BCUT2D eigenvalue weighted by Crippen LogP contribution is -2.65. The zero-order chi connectivity index (χ0) is 16.5. The minimum atomic E-state index is -2.27. The SMILES string of the molecule is C[SiH](CC[Si]1(C)O[Si](C)(C)O[Si](C)(C)O[Si](C)(C)O1)O[SiH3]. The van der Waals surface area contributed by atoms with E-state index in [1.807, 2.05) is 0 Å². The van der Waals surface area contributed by atoms with Gasteiger partial charge >= 0.3 is 34.2 Å². The molecule has 0 aromatic carbocycles. The van der Waals surface area contributed by atoms with Gasteiger partial charge in [-0.3, -0.25) is 0 Å². The van der Waals surface area contributed by atoms with Crippen LogP contribution in [0.15, 0.2) is 0 Å². The monoisotopic (exact) mass is 400 g/mol. The molecule has 1 rings (SSSR count). The zero-order valence-corrected chi connectivity index (χ0v) is 22.2. The predicted molar refractivity (Wildman–Crippen MR) is 102 cm³/mol. The highest BCUT2D eigenvalue weighted by atomic mass is 28.5. The van der Waals surface area contributed by atoms with Gasteiger partial charge in [0.1, 0.15) is 10.5 Å². The van der Waals surface area contributed by atoms with E-state index in [4.69, 9.17) is 20.6 Å². The Morgan fingerprint density at radius 3 is 1.57 bits per heavy atom. The third-order valence-electron chi connectivity index (χ3n) is 3.31. The molecular formula is C10H32O5Si6.